The first-order chi connectivity index (χ1) is 10.7. The Hall–Kier alpha value is -1.68. The van der Waals surface area contributed by atoms with Gasteiger partial charge < -0.3 is 4.74 Å². The third-order valence-electron chi connectivity index (χ3n) is 4.51. The van der Waals surface area contributed by atoms with Crippen LogP contribution >= 0.6 is 0 Å². The summed E-state index contributed by atoms with van der Waals surface area (Å²) in [5.41, 5.74) is 1.69. The molecule has 0 radical (unpaired) electrons. The van der Waals surface area contributed by atoms with Crippen molar-refractivity contribution in [1.29, 1.82) is 0 Å². The first-order valence-electron chi connectivity index (χ1n) is 8.24. The van der Waals surface area contributed by atoms with Crippen molar-refractivity contribution in [2.75, 3.05) is 13.2 Å². The highest BCUT2D eigenvalue weighted by Crippen LogP contribution is 2.24. The van der Waals surface area contributed by atoms with Crippen LogP contribution in [0.3, 0.4) is 0 Å². The molecule has 0 unspecified atom stereocenters. The summed E-state index contributed by atoms with van der Waals surface area (Å²) in [5, 5.41) is 5.61. The Morgan fingerprint density at radius 3 is 2.77 bits per heavy atom. The molecule has 4 nitrogen and oxygen atoms in total. The van der Waals surface area contributed by atoms with Crippen LogP contribution in [0.5, 0.6) is 0 Å². The fourth-order valence-electron chi connectivity index (χ4n) is 3.09. The van der Waals surface area contributed by atoms with E-state index >= 15 is 0 Å². The van der Waals surface area contributed by atoms with E-state index in [4.69, 9.17) is 4.74 Å². The Morgan fingerprint density at radius 1 is 1.32 bits per heavy atom. The minimum absolute atomic E-state index is 0.0257. The number of ketones is 1. The molecule has 118 valence electrons. The molecule has 2 heterocycles. The summed E-state index contributed by atoms with van der Waals surface area (Å²) in [6.07, 6.45) is 3.37. The Morgan fingerprint density at radius 2 is 2.05 bits per heavy atom. The summed E-state index contributed by atoms with van der Waals surface area (Å²) in [4.78, 5) is 12.4. The maximum atomic E-state index is 12.4. The van der Waals surface area contributed by atoms with Crippen LogP contribution < -0.4 is 0 Å². The molecule has 0 atom stereocenters. The topological polar surface area (TPSA) is 44.1 Å². The molecule has 1 saturated heterocycles. The summed E-state index contributed by atoms with van der Waals surface area (Å²) < 4.78 is 7.43. The largest absolute Gasteiger partial charge is 0.381 e. The van der Waals surface area contributed by atoms with Crippen LogP contribution in [0, 0.1) is 11.8 Å². The number of Topliss-reactive ketones (excluding diaryl/α,β-unsaturated/α-hetero) is 1. The average molecular weight is 300 g/mol. The van der Waals surface area contributed by atoms with Gasteiger partial charge in [0.2, 0.25) is 0 Å². The SMILES string of the molecule is CC(C)C(=O)c1nn(CCC2CCOCC2)c2ccccc12. The second-order valence-electron chi connectivity index (χ2n) is 6.45. The van der Waals surface area contributed by atoms with E-state index in [1.807, 2.05) is 36.7 Å². The van der Waals surface area contributed by atoms with Gasteiger partial charge in [0.05, 0.1) is 5.52 Å². The molecule has 1 aromatic carbocycles. The molecule has 0 spiro atoms. The summed E-state index contributed by atoms with van der Waals surface area (Å²) in [7, 11) is 0. The zero-order valence-corrected chi connectivity index (χ0v) is 13.4. The number of para-hydroxylation sites is 1. The van der Waals surface area contributed by atoms with E-state index in [1.165, 1.54) is 0 Å². The lowest BCUT2D eigenvalue weighted by atomic mass is 9.97. The van der Waals surface area contributed by atoms with Crippen molar-refractivity contribution in [3.63, 3.8) is 0 Å². The molecule has 1 fully saturated rings. The molecule has 3 rings (SSSR count). The van der Waals surface area contributed by atoms with Gasteiger partial charge in [0, 0.05) is 31.1 Å². The van der Waals surface area contributed by atoms with E-state index in [0.717, 1.165) is 49.9 Å². The zero-order chi connectivity index (χ0) is 15.5. The van der Waals surface area contributed by atoms with Crippen LogP contribution in [0.25, 0.3) is 10.9 Å². The van der Waals surface area contributed by atoms with Gasteiger partial charge in [-0.1, -0.05) is 32.0 Å². The van der Waals surface area contributed by atoms with Crippen LogP contribution in [0.15, 0.2) is 24.3 Å². The predicted molar refractivity (Wildman–Crippen MR) is 87.1 cm³/mol. The van der Waals surface area contributed by atoms with Crippen molar-refractivity contribution >= 4 is 16.7 Å². The molecule has 0 saturated carbocycles. The summed E-state index contributed by atoms with van der Waals surface area (Å²) in [6.45, 7) is 6.48. The highest BCUT2D eigenvalue weighted by Gasteiger charge is 2.20. The number of rotatable bonds is 5. The van der Waals surface area contributed by atoms with Crippen LogP contribution in [-0.4, -0.2) is 28.8 Å². The van der Waals surface area contributed by atoms with Crippen molar-refractivity contribution in [1.82, 2.24) is 9.78 Å². The number of ether oxygens (including phenoxy) is 1. The summed E-state index contributed by atoms with van der Waals surface area (Å²) >= 11 is 0. The van der Waals surface area contributed by atoms with Gasteiger partial charge in [-0.15, -0.1) is 0 Å². The van der Waals surface area contributed by atoms with Crippen molar-refractivity contribution in [3.8, 4) is 0 Å². The van der Waals surface area contributed by atoms with Crippen molar-refractivity contribution in [2.45, 2.75) is 39.7 Å². The molecule has 0 bridgehead atoms. The molecule has 2 aromatic rings. The highest BCUT2D eigenvalue weighted by molar-refractivity contribution is 6.06. The van der Waals surface area contributed by atoms with Gasteiger partial charge in [-0.3, -0.25) is 9.48 Å². The number of fused-ring (bicyclic) bond motifs is 1. The molecule has 0 N–H and O–H groups in total. The third kappa shape index (κ3) is 3.07. The molecule has 0 amide bonds. The lowest BCUT2D eigenvalue weighted by Crippen LogP contribution is -2.18. The number of carbonyl (C=O) groups excluding carboxylic acids is 1. The number of aryl methyl sites for hydroxylation is 1. The maximum absolute atomic E-state index is 12.4. The van der Waals surface area contributed by atoms with Crippen LogP contribution in [0.1, 0.15) is 43.6 Å². The van der Waals surface area contributed by atoms with Crippen LogP contribution in [-0.2, 0) is 11.3 Å². The number of carbonyl (C=O) groups is 1. The smallest absolute Gasteiger partial charge is 0.186 e. The van der Waals surface area contributed by atoms with Gasteiger partial charge in [-0.25, -0.2) is 0 Å². The lowest BCUT2D eigenvalue weighted by Gasteiger charge is -2.21. The first kappa shape index (κ1) is 15.2. The van der Waals surface area contributed by atoms with E-state index < -0.39 is 0 Å². The fourth-order valence-corrected chi connectivity index (χ4v) is 3.09. The van der Waals surface area contributed by atoms with E-state index in [9.17, 15) is 4.79 Å². The molecular weight excluding hydrogens is 276 g/mol. The monoisotopic (exact) mass is 300 g/mol. The summed E-state index contributed by atoms with van der Waals surface area (Å²) in [5.74, 6) is 0.809. The van der Waals surface area contributed by atoms with E-state index in [1.54, 1.807) is 0 Å². The average Bonchev–Trinajstić information content (AvgIpc) is 2.92. The van der Waals surface area contributed by atoms with E-state index in [0.29, 0.717) is 11.6 Å². The lowest BCUT2D eigenvalue weighted by molar-refractivity contribution is 0.0624. The van der Waals surface area contributed by atoms with Gasteiger partial charge >= 0.3 is 0 Å². The Kier molecular flexibility index (Phi) is 4.57. The second kappa shape index (κ2) is 6.61. The van der Waals surface area contributed by atoms with Gasteiger partial charge in [0.25, 0.3) is 0 Å². The molecule has 1 aliphatic rings. The Bertz CT molecular complexity index is 654. The molecule has 1 aromatic heterocycles. The van der Waals surface area contributed by atoms with E-state index in [-0.39, 0.29) is 11.7 Å². The van der Waals surface area contributed by atoms with Gasteiger partial charge in [0.15, 0.2) is 5.78 Å². The maximum Gasteiger partial charge on any atom is 0.186 e. The fraction of sp³-hybridized carbons (Fsp3) is 0.556. The minimum atomic E-state index is -0.0257. The predicted octanol–water partition coefficient (Wildman–Crippen LogP) is 3.69. The number of hydrogen-bond donors (Lipinski definition) is 0. The minimum Gasteiger partial charge on any atom is -0.381 e. The molecule has 0 aliphatic carbocycles. The van der Waals surface area contributed by atoms with Gasteiger partial charge in [0.1, 0.15) is 5.69 Å². The number of benzene rings is 1. The first-order valence-corrected chi connectivity index (χ1v) is 8.24. The molecular formula is C18H24N2O2. The summed E-state index contributed by atoms with van der Waals surface area (Å²) in [6, 6.07) is 8.05. The number of nitrogens with zero attached hydrogens (tertiary/aromatic N) is 2. The number of aromatic nitrogens is 2. The van der Waals surface area contributed by atoms with Gasteiger partial charge in [-0.2, -0.15) is 5.10 Å². The third-order valence-corrected chi connectivity index (χ3v) is 4.51. The Labute approximate surface area is 131 Å². The highest BCUT2D eigenvalue weighted by atomic mass is 16.5. The molecule has 4 heteroatoms. The quantitative estimate of drug-likeness (QED) is 0.791. The van der Waals surface area contributed by atoms with Crippen LogP contribution in [0.4, 0.5) is 0 Å². The zero-order valence-electron chi connectivity index (χ0n) is 13.4. The second-order valence-corrected chi connectivity index (χ2v) is 6.45. The van der Waals surface area contributed by atoms with Gasteiger partial charge in [-0.05, 0) is 31.2 Å². The molecule has 22 heavy (non-hydrogen) atoms. The van der Waals surface area contributed by atoms with E-state index in [2.05, 4.69) is 11.2 Å². The standard InChI is InChI=1S/C18H24N2O2/c1-13(2)18(21)17-15-5-3-4-6-16(15)20(19-17)10-7-14-8-11-22-12-9-14/h3-6,13-14H,7-12H2,1-2H3. The van der Waals surface area contributed by atoms with Crippen molar-refractivity contribution < 1.29 is 9.53 Å². The number of hydrogen-bond acceptors (Lipinski definition) is 3. The van der Waals surface area contributed by atoms with Crippen molar-refractivity contribution in [2.24, 2.45) is 11.8 Å². The van der Waals surface area contributed by atoms with Crippen LogP contribution in [0.2, 0.25) is 0 Å². The normalized spacial score (nSPS) is 16.5. The Balaban J connectivity index is 1.84. The van der Waals surface area contributed by atoms with Crippen molar-refractivity contribution in [3.05, 3.63) is 30.0 Å². The molecule has 1 aliphatic heterocycles.